The van der Waals surface area contributed by atoms with Gasteiger partial charge in [0.2, 0.25) is 5.91 Å². The molecule has 1 saturated heterocycles. The van der Waals surface area contributed by atoms with Crippen molar-refractivity contribution < 1.29 is 22.7 Å². The molecular formula is C18H25F3N2O2. The van der Waals surface area contributed by atoms with Gasteiger partial charge in [-0.15, -0.1) is 13.2 Å². The number of ether oxygens (including phenoxy) is 1. The molecule has 1 fully saturated rings. The number of halogens is 3. The van der Waals surface area contributed by atoms with Crippen LogP contribution in [0.5, 0.6) is 5.75 Å². The second kappa shape index (κ2) is 9.08. The number of alkyl halides is 3. The van der Waals surface area contributed by atoms with E-state index in [1.807, 2.05) is 11.8 Å². The van der Waals surface area contributed by atoms with E-state index in [1.54, 1.807) is 12.1 Å². The monoisotopic (exact) mass is 358 g/mol. The van der Waals surface area contributed by atoms with Crippen molar-refractivity contribution in [2.75, 3.05) is 19.6 Å². The van der Waals surface area contributed by atoms with Crippen molar-refractivity contribution in [1.29, 1.82) is 0 Å². The van der Waals surface area contributed by atoms with Crippen LogP contribution >= 0.6 is 0 Å². The number of nitrogens with one attached hydrogen (secondary N) is 1. The number of hydrogen-bond donors (Lipinski definition) is 1. The Kier molecular flexibility index (Phi) is 7.11. The molecule has 1 heterocycles. The van der Waals surface area contributed by atoms with Crippen LogP contribution in [0.1, 0.15) is 38.2 Å². The van der Waals surface area contributed by atoms with Gasteiger partial charge in [0.25, 0.3) is 0 Å². The molecule has 0 aliphatic carbocycles. The fraction of sp³-hybridized carbons (Fsp3) is 0.611. The number of nitrogens with zero attached hydrogens (tertiary/aromatic N) is 1. The minimum absolute atomic E-state index is 0.00411. The Balaban J connectivity index is 2.00. The zero-order chi connectivity index (χ0) is 18.3. The number of amides is 1. The van der Waals surface area contributed by atoms with Crippen LogP contribution in [-0.2, 0) is 11.2 Å². The van der Waals surface area contributed by atoms with Crippen LogP contribution in [0, 0.1) is 0 Å². The third-order valence-corrected chi connectivity index (χ3v) is 4.34. The molecule has 1 N–H and O–H groups in total. The molecule has 1 amide bonds. The maximum atomic E-state index is 12.6. The molecule has 140 valence electrons. The topological polar surface area (TPSA) is 41.6 Å². The number of para-hydroxylation sites is 1. The van der Waals surface area contributed by atoms with Gasteiger partial charge in [-0.05, 0) is 50.4 Å². The highest BCUT2D eigenvalue weighted by molar-refractivity contribution is 5.77. The van der Waals surface area contributed by atoms with Gasteiger partial charge < -0.3 is 15.0 Å². The Bertz CT molecular complexity index is 557. The van der Waals surface area contributed by atoms with E-state index in [4.69, 9.17) is 0 Å². The van der Waals surface area contributed by atoms with E-state index < -0.39 is 6.36 Å². The molecule has 1 aromatic carbocycles. The quantitative estimate of drug-likeness (QED) is 0.811. The van der Waals surface area contributed by atoms with Crippen LogP contribution in [-0.4, -0.2) is 42.8 Å². The number of carbonyl (C=O) groups is 1. The lowest BCUT2D eigenvalue weighted by molar-refractivity contribution is -0.274. The molecule has 0 bridgehead atoms. The van der Waals surface area contributed by atoms with Crippen LogP contribution < -0.4 is 10.1 Å². The summed E-state index contributed by atoms with van der Waals surface area (Å²) in [6.07, 6.45) is -1.62. The molecule has 1 aliphatic rings. The molecule has 7 heteroatoms. The summed E-state index contributed by atoms with van der Waals surface area (Å²) in [6, 6.07) is 6.22. The van der Waals surface area contributed by atoms with Gasteiger partial charge in [-0.1, -0.05) is 25.1 Å². The first-order valence-corrected chi connectivity index (χ1v) is 8.74. The largest absolute Gasteiger partial charge is 0.573 e. The molecule has 0 radical (unpaired) electrons. The van der Waals surface area contributed by atoms with Gasteiger partial charge in [0, 0.05) is 19.0 Å². The van der Waals surface area contributed by atoms with Crippen LogP contribution in [0.25, 0.3) is 0 Å². The Labute approximate surface area is 146 Å². The molecule has 0 aromatic heterocycles. The predicted octanol–water partition coefficient (Wildman–Crippen LogP) is 3.51. The normalized spacial score (nSPS) is 15.8. The summed E-state index contributed by atoms with van der Waals surface area (Å²) in [5, 5.41) is 3.28. The molecule has 0 unspecified atom stereocenters. The molecule has 1 aromatic rings. The highest BCUT2D eigenvalue weighted by Crippen LogP contribution is 2.27. The van der Waals surface area contributed by atoms with Crippen molar-refractivity contribution in [3.63, 3.8) is 0 Å². The summed E-state index contributed by atoms with van der Waals surface area (Å²) >= 11 is 0. The molecular weight excluding hydrogens is 333 g/mol. The average Bonchev–Trinajstić information content (AvgIpc) is 2.58. The van der Waals surface area contributed by atoms with E-state index in [2.05, 4.69) is 10.1 Å². The number of carbonyl (C=O) groups excluding carboxylic acids is 1. The summed E-state index contributed by atoms with van der Waals surface area (Å²) in [7, 11) is 0. The maximum absolute atomic E-state index is 12.6. The molecule has 1 aliphatic heterocycles. The van der Waals surface area contributed by atoms with Gasteiger partial charge in [0.05, 0.1) is 0 Å². The summed E-state index contributed by atoms with van der Waals surface area (Å²) in [6.45, 7) is 4.48. The lowest BCUT2D eigenvalue weighted by Gasteiger charge is -2.34. The SMILES string of the molecule is CCCN(C(=O)CCc1ccccc1OC(F)(F)F)C1CCNCC1. The molecule has 0 saturated carbocycles. The summed E-state index contributed by atoms with van der Waals surface area (Å²) in [5.74, 6) is -0.234. The van der Waals surface area contributed by atoms with Crippen LogP contribution in [0.15, 0.2) is 24.3 Å². The van der Waals surface area contributed by atoms with Gasteiger partial charge >= 0.3 is 6.36 Å². The van der Waals surface area contributed by atoms with Gasteiger partial charge in [-0.2, -0.15) is 0 Å². The first kappa shape index (κ1) is 19.6. The zero-order valence-electron chi connectivity index (χ0n) is 14.4. The van der Waals surface area contributed by atoms with Gasteiger partial charge in [0.15, 0.2) is 0 Å². The number of rotatable bonds is 7. The van der Waals surface area contributed by atoms with E-state index in [9.17, 15) is 18.0 Å². The number of hydrogen-bond acceptors (Lipinski definition) is 3. The van der Waals surface area contributed by atoms with Gasteiger partial charge in [-0.25, -0.2) is 0 Å². The highest BCUT2D eigenvalue weighted by Gasteiger charge is 2.32. The third kappa shape index (κ3) is 6.23. The minimum atomic E-state index is -4.73. The first-order valence-electron chi connectivity index (χ1n) is 8.74. The fourth-order valence-electron chi connectivity index (χ4n) is 3.19. The second-order valence-corrected chi connectivity index (χ2v) is 6.22. The molecule has 4 nitrogen and oxygen atoms in total. The van der Waals surface area contributed by atoms with Crippen LogP contribution in [0.2, 0.25) is 0 Å². The molecule has 25 heavy (non-hydrogen) atoms. The standard InChI is InChI=1S/C18H25F3N2O2/c1-2-13-23(15-9-11-22-12-10-15)17(24)8-7-14-5-3-4-6-16(14)25-18(19,20)21/h3-6,15,22H,2,7-13H2,1H3. The van der Waals surface area contributed by atoms with Crippen molar-refractivity contribution in [2.24, 2.45) is 0 Å². The fourth-order valence-corrected chi connectivity index (χ4v) is 3.19. The van der Waals surface area contributed by atoms with E-state index in [0.29, 0.717) is 12.1 Å². The van der Waals surface area contributed by atoms with Gasteiger partial charge in [-0.3, -0.25) is 4.79 Å². The van der Waals surface area contributed by atoms with E-state index in [0.717, 1.165) is 32.4 Å². The second-order valence-electron chi connectivity index (χ2n) is 6.22. The van der Waals surface area contributed by atoms with Gasteiger partial charge in [0.1, 0.15) is 5.75 Å². The summed E-state index contributed by atoms with van der Waals surface area (Å²) in [4.78, 5) is 14.5. The molecule has 2 rings (SSSR count). The Morgan fingerprint density at radius 2 is 1.96 bits per heavy atom. The van der Waals surface area contributed by atoms with Crippen molar-refractivity contribution in [3.05, 3.63) is 29.8 Å². The molecule has 0 spiro atoms. The smallest absolute Gasteiger partial charge is 0.406 e. The van der Waals surface area contributed by atoms with Crippen LogP contribution in [0.3, 0.4) is 0 Å². The number of aryl methyl sites for hydroxylation is 1. The minimum Gasteiger partial charge on any atom is -0.406 e. The summed E-state index contributed by atoms with van der Waals surface area (Å²) in [5.41, 5.74) is 0.398. The summed E-state index contributed by atoms with van der Waals surface area (Å²) < 4.78 is 41.5. The van der Waals surface area contributed by atoms with Crippen molar-refractivity contribution >= 4 is 5.91 Å². The Hall–Kier alpha value is -1.76. The predicted molar refractivity (Wildman–Crippen MR) is 89.3 cm³/mol. The van der Waals surface area contributed by atoms with E-state index in [1.165, 1.54) is 12.1 Å². The number of benzene rings is 1. The highest BCUT2D eigenvalue weighted by atomic mass is 19.4. The lowest BCUT2D eigenvalue weighted by Crippen LogP contribution is -2.46. The molecule has 0 atom stereocenters. The van der Waals surface area contributed by atoms with Crippen molar-refractivity contribution in [2.45, 2.75) is 51.4 Å². The third-order valence-electron chi connectivity index (χ3n) is 4.34. The van der Waals surface area contributed by atoms with E-state index >= 15 is 0 Å². The maximum Gasteiger partial charge on any atom is 0.573 e. The van der Waals surface area contributed by atoms with Crippen molar-refractivity contribution in [3.8, 4) is 5.75 Å². The average molecular weight is 358 g/mol. The zero-order valence-corrected chi connectivity index (χ0v) is 14.4. The first-order chi connectivity index (χ1) is 11.9. The Morgan fingerprint density at radius 1 is 1.28 bits per heavy atom. The van der Waals surface area contributed by atoms with Crippen molar-refractivity contribution in [1.82, 2.24) is 10.2 Å². The van der Waals surface area contributed by atoms with Crippen LogP contribution in [0.4, 0.5) is 13.2 Å². The number of piperidine rings is 1. The Morgan fingerprint density at radius 3 is 2.60 bits per heavy atom. The lowest BCUT2D eigenvalue weighted by atomic mass is 10.0. The van der Waals surface area contributed by atoms with E-state index in [-0.39, 0.29) is 30.5 Å².